The first kappa shape index (κ1) is 13.2. The minimum Gasteiger partial charge on any atom is -0.307 e. The Morgan fingerprint density at radius 3 is 2.56 bits per heavy atom. The highest BCUT2D eigenvalue weighted by Gasteiger charge is 2.08. The van der Waals surface area contributed by atoms with Gasteiger partial charge in [-0.15, -0.1) is 0 Å². The zero-order valence-corrected chi connectivity index (χ0v) is 10.9. The summed E-state index contributed by atoms with van der Waals surface area (Å²) in [6.45, 7) is 10.6. The van der Waals surface area contributed by atoms with Gasteiger partial charge in [0, 0.05) is 12.6 Å². The normalized spacial score (nSPS) is 11.6. The molecule has 0 aromatic carbocycles. The molecular weight excluding hydrogens is 200 g/mol. The topological polar surface area (TPSA) is 42.7 Å². The molecule has 0 aliphatic carbocycles. The van der Waals surface area contributed by atoms with Crippen molar-refractivity contribution < 1.29 is 0 Å². The van der Waals surface area contributed by atoms with E-state index in [2.05, 4.69) is 43.1 Å². The Bertz CT molecular complexity index is 289. The van der Waals surface area contributed by atoms with Crippen LogP contribution in [0.2, 0.25) is 0 Å². The lowest BCUT2D eigenvalue weighted by molar-refractivity contribution is 0.432. The quantitative estimate of drug-likeness (QED) is 0.772. The van der Waals surface area contributed by atoms with Crippen LogP contribution in [-0.2, 0) is 13.1 Å². The maximum absolute atomic E-state index is 4.30. The van der Waals surface area contributed by atoms with Crippen molar-refractivity contribution in [2.45, 2.75) is 59.7 Å². The number of nitrogens with zero attached hydrogens (tertiary/aromatic N) is 3. The Kier molecular flexibility index (Phi) is 5.46. The lowest BCUT2D eigenvalue weighted by atomic mass is 10.2. The molecule has 1 aromatic heterocycles. The Balaban J connectivity index is 2.50. The SMILES string of the molecule is CCC(CC)NCc1ncnn1CC(C)C. The van der Waals surface area contributed by atoms with Crippen LogP contribution in [0.15, 0.2) is 6.33 Å². The van der Waals surface area contributed by atoms with Gasteiger partial charge in [-0.3, -0.25) is 0 Å². The Labute approximate surface area is 98.5 Å². The fraction of sp³-hybridized carbons (Fsp3) is 0.833. The van der Waals surface area contributed by atoms with Gasteiger partial charge in [-0.25, -0.2) is 9.67 Å². The molecule has 0 saturated carbocycles. The van der Waals surface area contributed by atoms with Crippen molar-refractivity contribution >= 4 is 0 Å². The summed E-state index contributed by atoms with van der Waals surface area (Å²) in [4.78, 5) is 4.30. The van der Waals surface area contributed by atoms with Crippen molar-refractivity contribution in [1.29, 1.82) is 0 Å². The van der Waals surface area contributed by atoms with Crippen LogP contribution in [0.3, 0.4) is 0 Å². The Morgan fingerprint density at radius 2 is 2.00 bits per heavy atom. The van der Waals surface area contributed by atoms with Crippen molar-refractivity contribution in [1.82, 2.24) is 20.1 Å². The van der Waals surface area contributed by atoms with E-state index >= 15 is 0 Å². The average molecular weight is 224 g/mol. The van der Waals surface area contributed by atoms with Crippen LogP contribution < -0.4 is 5.32 Å². The standard InChI is InChI=1S/C12H24N4/c1-5-11(6-2)13-7-12-14-9-15-16(12)8-10(3)4/h9-11,13H,5-8H2,1-4H3. The molecule has 1 heterocycles. The minimum atomic E-state index is 0.587. The molecule has 1 N–H and O–H groups in total. The van der Waals surface area contributed by atoms with Crippen molar-refractivity contribution in [2.24, 2.45) is 5.92 Å². The van der Waals surface area contributed by atoms with Gasteiger partial charge in [0.15, 0.2) is 0 Å². The van der Waals surface area contributed by atoms with Crippen LogP contribution in [0.5, 0.6) is 0 Å². The summed E-state index contributed by atoms with van der Waals surface area (Å²) >= 11 is 0. The second-order valence-corrected chi connectivity index (χ2v) is 4.65. The number of aromatic nitrogens is 3. The van der Waals surface area contributed by atoms with E-state index in [1.54, 1.807) is 6.33 Å². The Hall–Kier alpha value is -0.900. The third-order valence-electron chi connectivity index (χ3n) is 2.77. The smallest absolute Gasteiger partial charge is 0.140 e. The molecule has 0 atom stereocenters. The van der Waals surface area contributed by atoms with Gasteiger partial charge in [0.05, 0.1) is 6.54 Å². The molecule has 0 spiro atoms. The predicted octanol–water partition coefficient (Wildman–Crippen LogP) is 2.21. The monoisotopic (exact) mass is 224 g/mol. The number of hydrogen-bond acceptors (Lipinski definition) is 3. The Morgan fingerprint density at radius 1 is 1.31 bits per heavy atom. The van der Waals surface area contributed by atoms with E-state index in [-0.39, 0.29) is 0 Å². The van der Waals surface area contributed by atoms with E-state index in [0.29, 0.717) is 12.0 Å². The second kappa shape index (κ2) is 6.63. The van der Waals surface area contributed by atoms with Crippen LogP contribution in [-0.4, -0.2) is 20.8 Å². The van der Waals surface area contributed by atoms with E-state index in [1.807, 2.05) is 4.68 Å². The van der Waals surface area contributed by atoms with Crippen molar-refractivity contribution in [3.63, 3.8) is 0 Å². The van der Waals surface area contributed by atoms with Crippen molar-refractivity contribution in [3.8, 4) is 0 Å². The van der Waals surface area contributed by atoms with Gasteiger partial charge < -0.3 is 5.32 Å². The van der Waals surface area contributed by atoms with E-state index in [0.717, 1.165) is 31.8 Å². The summed E-state index contributed by atoms with van der Waals surface area (Å²) in [5, 5.41) is 7.76. The first-order valence-corrected chi connectivity index (χ1v) is 6.27. The maximum atomic E-state index is 4.30. The molecule has 0 unspecified atom stereocenters. The largest absolute Gasteiger partial charge is 0.307 e. The van der Waals surface area contributed by atoms with E-state index in [9.17, 15) is 0 Å². The number of hydrogen-bond donors (Lipinski definition) is 1. The van der Waals surface area contributed by atoms with Gasteiger partial charge in [-0.05, 0) is 18.8 Å². The molecule has 4 heteroatoms. The summed E-state index contributed by atoms with van der Waals surface area (Å²) in [6.07, 6.45) is 3.97. The summed E-state index contributed by atoms with van der Waals surface area (Å²) < 4.78 is 2.00. The number of rotatable bonds is 7. The minimum absolute atomic E-state index is 0.587. The summed E-state index contributed by atoms with van der Waals surface area (Å²) in [5.41, 5.74) is 0. The van der Waals surface area contributed by atoms with Crippen molar-refractivity contribution in [3.05, 3.63) is 12.2 Å². The highest BCUT2D eigenvalue weighted by molar-refractivity contribution is 4.85. The maximum Gasteiger partial charge on any atom is 0.140 e. The lowest BCUT2D eigenvalue weighted by Crippen LogP contribution is -2.28. The summed E-state index contributed by atoms with van der Waals surface area (Å²) in [6, 6.07) is 0.587. The second-order valence-electron chi connectivity index (χ2n) is 4.65. The lowest BCUT2D eigenvalue weighted by Gasteiger charge is -2.15. The molecule has 0 saturated heterocycles. The van der Waals surface area contributed by atoms with Crippen LogP contribution in [0.25, 0.3) is 0 Å². The first-order chi connectivity index (χ1) is 7.67. The first-order valence-electron chi connectivity index (χ1n) is 6.27. The summed E-state index contributed by atoms with van der Waals surface area (Å²) in [7, 11) is 0. The molecule has 0 aliphatic rings. The van der Waals surface area contributed by atoms with Gasteiger partial charge in [-0.1, -0.05) is 27.7 Å². The highest BCUT2D eigenvalue weighted by Crippen LogP contribution is 2.03. The van der Waals surface area contributed by atoms with E-state index < -0.39 is 0 Å². The molecule has 0 radical (unpaired) electrons. The van der Waals surface area contributed by atoms with Gasteiger partial charge in [-0.2, -0.15) is 5.10 Å². The van der Waals surface area contributed by atoms with Gasteiger partial charge in [0.2, 0.25) is 0 Å². The molecule has 92 valence electrons. The molecular formula is C12H24N4. The van der Waals surface area contributed by atoms with Crippen LogP contribution in [0.4, 0.5) is 0 Å². The molecule has 0 fully saturated rings. The molecule has 1 aromatic rings. The van der Waals surface area contributed by atoms with Gasteiger partial charge in [0.25, 0.3) is 0 Å². The molecule has 4 nitrogen and oxygen atoms in total. The summed E-state index contributed by atoms with van der Waals surface area (Å²) in [5.74, 6) is 1.65. The van der Waals surface area contributed by atoms with Crippen LogP contribution in [0, 0.1) is 5.92 Å². The van der Waals surface area contributed by atoms with E-state index in [4.69, 9.17) is 0 Å². The van der Waals surface area contributed by atoms with Gasteiger partial charge >= 0.3 is 0 Å². The molecule has 16 heavy (non-hydrogen) atoms. The molecule has 1 rings (SSSR count). The zero-order chi connectivity index (χ0) is 12.0. The molecule has 0 bridgehead atoms. The molecule has 0 aliphatic heterocycles. The number of nitrogens with one attached hydrogen (secondary N) is 1. The fourth-order valence-corrected chi connectivity index (χ4v) is 1.74. The fourth-order valence-electron chi connectivity index (χ4n) is 1.74. The van der Waals surface area contributed by atoms with Crippen molar-refractivity contribution in [2.75, 3.05) is 0 Å². The predicted molar refractivity (Wildman–Crippen MR) is 66.1 cm³/mol. The van der Waals surface area contributed by atoms with Crippen LogP contribution in [0.1, 0.15) is 46.4 Å². The van der Waals surface area contributed by atoms with Gasteiger partial charge in [0.1, 0.15) is 12.2 Å². The third kappa shape index (κ3) is 3.93. The van der Waals surface area contributed by atoms with Crippen LogP contribution >= 0.6 is 0 Å². The average Bonchev–Trinajstić information content (AvgIpc) is 2.66. The highest BCUT2D eigenvalue weighted by atomic mass is 15.3. The third-order valence-corrected chi connectivity index (χ3v) is 2.77. The van der Waals surface area contributed by atoms with E-state index in [1.165, 1.54) is 0 Å². The molecule has 0 amide bonds. The zero-order valence-electron chi connectivity index (χ0n) is 10.9.